The first-order chi connectivity index (χ1) is 29.4. The fourth-order valence-corrected chi connectivity index (χ4v) is 8.22. The van der Waals surface area contributed by atoms with Crippen LogP contribution in [0.15, 0.2) is 0 Å². The van der Waals surface area contributed by atoms with Crippen molar-refractivity contribution in [3.8, 4) is 0 Å². The second kappa shape index (κ2) is 48.4. The van der Waals surface area contributed by atoms with Gasteiger partial charge in [0.05, 0.1) is 0 Å². The number of hydrogen-bond acceptors (Lipinski definition) is 6. The Morgan fingerprint density at radius 1 is 0.317 bits per heavy atom. The van der Waals surface area contributed by atoms with E-state index in [1.54, 1.807) is 0 Å². The molecular formula is C54H104O6. The van der Waals surface area contributed by atoms with Crippen LogP contribution in [0.25, 0.3) is 0 Å². The monoisotopic (exact) mass is 849 g/mol. The number of carbonyl (C=O) groups excluding carboxylic acids is 3. The highest BCUT2D eigenvalue weighted by Crippen LogP contribution is 2.17. The molecule has 1 atom stereocenters. The van der Waals surface area contributed by atoms with Gasteiger partial charge < -0.3 is 14.2 Å². The first-order valence-corrected chi connectivity index (χ1v) is 26.9. The molecule has 0 saturated carbocycles. The molecule has 0 aromatic rings. The average Bonchev–Trinajstić information content (AvgIpc) is 3.23. The molecule has 0 saturated heterocycles. The van der Waals surface area contributed by atoms with E-state index >= 15 is 0 Å². The lowest BCUT2D eigenvalue weighted by atomic mass is 10.0. The molecule has 0 aromatic carbocycles. The van der Waals surface area contributed by atoms with Crippen molar-refractivity contribution in [1.82, 2.24) is 0 Å². The van der Waals surface area contributed by atoms with Gasteiger partial charge in [-0.05, 0) is 25.2 Å². The molecule has 60 heavy (non-hydrogen) atoms. The van der Waals surface area contributed by atoms with Crippen LogP contribution in [0.4, 0.5) is 0 Å². The zero-order valence-electron chi connectivity index (χ0n) is 40.9. The minimum absolute atomic E-state index is 0.0625. The van der Waals surface area contributed by atoms with Crippen LogP contribution in [0.3, 0.4) is 0 Å². The summed E-state index contributed by atoms with van der Waals surface area (Å²) in [7, 11) is 0. The molecule has 0 amide bonds. The van der Waals surface area contributed by atoms with E-state index in [9.17, 15) is 14.4 Å². The highest BCUT2D eigenvalue weighted by atomic mass is 16.6. The highest BCUT2D eigenvalue weighted by molar-refractivity contribution is 5.71. The van der Waals surface area contributed by atoms with Gasteiger partial charge in [-0.25, -0.2) is 0 Å². The fraction of sp³-hybridized carbons (Fsp3) is 0.944. The molecule has 0 fully saturated rings. The molecule has 0 N–H and O–H groups in total. The van der Waals surface area contributed by atoms with Crippen molar-refractivity contribution in [3.05, 3.63) is 0 Å². The average molecular weight is 849 g/mol. The van der Waals surface area contributed by atoms with Crippen LogP contribution in [0.1, 0.15) is 304 Å². The van der Waals surface area contributed by atoms with E-state index in [-0.39, 0.29) is 31.1 Å². The molecule has 0 aliphatic heterocycles. The van der Waals surface area contributed by atoms with E-state index in [0.717, 1.165) is 63.7 Å². The number of unbranched alkanes of at least 4 members (excludes halogenated alkanes) is 36. The van der Waals surface area contributed by atoms with Gasteiger partial charge in [-0.1, -0.05) is 265 Å². The van der Waals surface area contributed by atoms with Gasteiger partial charge in [0.15, 0.2) is 6.10 Å². The third-order valence-electron chi connectivity index (χ3n) is 12.3. The van der Waals surface area contributed by atoms with Crippen LogP contribution in [0.5, 0.6) is 0 Å². The highest BCUT2D eigenvalue weighted by Gasteiger charge is 2.19. The lowest BCUT2D eigenvalue weighted by molar-refractivity contribution is -0.167. The summed E-state index contributed by atoms with van der Waals surface area (Å²) in [4.78, 5) is 37.9. The summed E-state index contributed by atoms with van der Waals surface area (Å²) in [6.45, 7) is 9.03. The van der Waals surface area contributed by atoms with Crippen LogP contribution in [-0.2, 0) is 28.6 Å². The number of rotatable bonds is 49. The van der Waals surface area contributed by atoms with Crippen molar-refractivity contribution >= 4 is 17.9 Å². The Kier molecular flexibility index (Phi) is 47.2. The zero-order valence-corrected chi connectivity index (χ0v) is 40.9. The topological polar surface area (TPSA) is 78.9 Å². The number of esters is 3. The summed E-state index contributed by atoms with van der Waals surface area (Å²) in [5.41, 5.74) is 0. The molecule has 6 heteroatoms. The standard InChI is InChI=1S/C54H104O6/c1-5-7-9-11-13-15-16-17-19-24-27-31-35-39-43-47-54(57)60-51(48-58-52(55)45-41-37-33-28-14-12-10-8-6-2)49-59-53(56)46-42-38-34-30-26-23-21-18-20-22-25-29-32-36-40-44-50(3)4/h50-51H,5-49H2,1-4H3/t51-/m0/s1. The van der Waals surface area contributed by atoms with Gasteiger partial charge in [0.2, 0.25) is 0 Å². The summed E-state index contributed by atoms with van der Waals surface area (Å²) in [6.07, 6.45) is 50.9. The normalized spacial score (nSPS) is 11.9. The summed E-state index contributed by atoms with van der Waals surface area (Å²) in [5, 5.41) is 0. The van der Waals surface area contributed by atoms with E-state index in [2.05, 4.69) is 27.7 Å². The van der Waals surface area contributed by atoms with Crippen LogP contribution in [0, 0.1) is 5.92 Å². The van der Waals surface area contributed by atoms with E-state index in [1.165, 1.54) is 199 Å². The Morgan fingerprint density at radius 2 is 0.550 bits per heavy atom. The lowest BCUT2D eigenvalue weighted by Crippen LogP contribution is -2.30. The zero-order chi connectivity index (χ0) is 43.8. The molecule has 0 spiro atoms. The number of carbonyl (C=O) groups is 3. The molecule has 0 aromatic heterocycles. The molecule has 0 bridgehead atoms. The van der Waals surface area contributed by atoms with Gasteiger partial charge in [-0.2, -0.15) is 0 Å². The Balaban J connectivity index is 4.23. The molecule has 0 aliphatic carbocycles. The van der Waals surface area contributed by atoms with Crippen LogP contribution in [0.2, 0.25) is 0 Å². The maximum absolute atomic E-state index is 12.8. The van der Waals surface area contributed by atoms with Crippen molar-refractivity contribution < 1.29 is 28.6 Å². The van der Waals surface area contributed by atoms with Gasteiger partial charge in [0.25, 0.3) is 0 Å². The maximum atomic E-state index is 12.8. The van der Waals surface area contributed by atoms with Crippen LogP contribution >= 0.6 is 0 Å². The molecule has 0 radical (unpaired) electrons. The van der Waals surface area contributed by atoms with E-state index < -0.39 is 6.10 Å². The maximum Gasteiger partial charge on any atom is 0.306 e. The molecule has 0 rings (SSSR count). The second-order valence-corrected chi connectivity index (χ2v) is 19.0. The molecule has 356 valence electrons. The molecule has 0 aliphatic rings. The van der Waals surface area contributed by atoms with Crippen molar-refractivity contribution in [3.63, 3.8) is 0 Å². The predicted octanol–water partition coefficient (Wildman–Crippen LogP) is 17.5. The first-order valence-electron chi connectivity index (χ1n) is 26.9. The smallest absolute Gasteiger partial charge is 0.306 e. The van der Waals surface area contributed by atoms with Crippen LogP contribution in [-0.4, -0.2) is 37.2 Å². The second-order valence-electron chi connectivity index (χ2n) is 19.0. The summed E-state index contributed by atoms with van der Waals surface area (Å²) < 4.78 is 16.8. The summed E-state index contributed by atoms with van der Waals surface area (Å²) in [6, 6.07) is 0. The number of hydrogen-bond donors (Lipinski definition) is 0. The Labute approximate surface area is 374 Å². The Bertz CT molecular complexity index is 903. The van der Waals surface area contributed by atoms with Gasteiger partial charge >= 0.3 is 17.9 Å². The predicted molar refractivity (Wildman–Crippen MR) is 257 cm³/mol. The quantitative estimate of drug-likeness (QED) is 0.0345. The van der Waals surface area contributed by atoms with Gasteiger partial charge in [0.1, 0.15) is 13.2 Å². The molecule has 0 heterocycles. The Morgan fingerprint density at radius 3 is 0.817 bits per heavy atom. The van der Waals surface area contributed by atoms with E-state index in [4.69, 9.17) is 14.2 Å². The van der Waals surface area contributed by atoms with Crippen molar-refractivity contribution in [2.24, 2.45) is 5.92 Å². The molecule has 0 unspecified atom stereocenters. The van der Waals surface area contributed by atoms with Crippen molar-refractivity contribution in [2.45, 2.75) is 310 Å². The molecule has 6 nitrogen and oxygen atoms in total. The largest absolute Gasteiger partial charge is 0.462 e. The SMILES string of the molecule is CCCCCCCCCCCCCCCCCC(=O)O[C@@H](COC(=O)CCCCCCCCCCC)COC(=O)CCCCCCCCCCCCCCCCCC(C)C. The van der Waals surface area contributed by atoms with E-state index in [0.29, 0.717) is 19.3 Å². The van der Waals surface area contributed by atoms with Crippen LogP contribution < -0.4 is 0 Å². The minimum atomic E-state index is -0.760. The van der Waals surface area contributed by atoms with E-state index in [1.807, 2.05) is 0 Å². The lowest BCUT2D eigenvalue weighted by Gasteiger charge is -2.18. The number of ether oxygens (including phenoxy) is 3. The fourth-order valence-electron chi connectivity index (χ4n) is 8.22. The first kappa shape index (κ1) is 58.4. The molecular weight excluding hydrogens is 745 g/mol. The Hall–Kier alpha value is -1.59. The summed E-state index contributed by atoms with van der Waals surface area (Å²) >= 11 is 0. The van der Waals surface area contributed by atoms with Crippen molar-refractivity contribution in [1.29, 1.82) is 0 Å². The van der Waals surface area contributed by atoms with Gasteiger partial charge in [0, 0.05) is 19.3 Å². The minimum Gasteiger partial charge on any atom is -0.462 e. The van der Waals surface area contributed by atoms with Crippen molar-refractivity contribution in [2.75, 3.05) is 13.2 Å². The third kappa shape index (κ3) is 47.5. The van der Waals surface area contributed by atoms with Gasteiger partial charge in [-0.15, -0.1) is 0 Å². The van der Waals surface area contributed by atoms with Gasteiger partial charge in [-0.3, -0.25) is 14.4 Å². The third-order valence-corrected chi connectivity index (χ3v) is 12.3. The summed E-state index contributed by atoms with van der Waals surface area (Å²) in [5.74, 6) is 0.00555.